The molecule has 1 N–H and O–H groups in total. The number of halogens is 1. The van der Waals surface area contributed by atoms with Crippen LogP contribution < -0.4 is 4.90 Å². The highest BCUT2D eigenvalue weighted by atomic mass is 19.1. The summed E-state index contributed by atoms with van der Waals surface area (Å²) in [6, 6.07) is 11.5. The number of amides is 1. The van der Waals surface area contributed by atoms with Crippen LogP contribution >= 0.6 is 0 Å². The van der Waals surface area contributed by atoms with Crippen molar-refractivity contribution in [1.82, 2.24) is 0 Å². The normalized spacial score (nSPS) is 15.5. The first-order chi connectivity index (χ1) is 11.0. The van der Waals surface area contributed by atoms with Crippen molar-refractivity contribution in [1.29, 1.82) is 0 Å². The monoisotopic (exact) mass is 313 g/mol. The van der Waals surface area contributed by atoms with Crippen molar-refractivity contribution < 1.29 is 14.3 Å². The average molecular weight is 313 g/mol. The van der Waals surface area contributed by atoms with Gasteiger partial charge in [-0.1, -0.05) is 32.0 Å². The fraction of sp³-hybridized carbons (Fsp3) is 0.316. The van der Waals surface area contributed by atoms with Crippen molar-refractivity contribution in [3.8, 4) is 5.75 Å². The first-order valence-electron chi connectivity index (χ1n) is 7.92. The first kappa shape index (κ1) is 15.5. The van der Waals surface area contributed by atoms with Crippen LogP contribution in [0, 0.1) is 5.82 Å². The van der Waals surface area contributed by atoms with Gasteiger partial charge in [0.25, 0.3) is 5.91 Å². The van der Waals surface area contributed by atoms with E-state index in [0.717, 1.165) is 30.2 Å². The van der Waals surface area contributed by atoms with Crippen molar-refractivity contribution in [2.24, 2.45) is 0 Å². The molecule has 0 aliphatic carbocycles. The Bertz CT molecular complexity index is 753. The van der Waals surface area contributed by atoms with E-state index in [1.165, 1.54) is 12.1 Å². The Balaban J connectivity index is 2.06. The number of hydrogen-bond donors (Lipinski definition) is 1. The van der Waals surface area contributed by atoms with Gasteiger partial charge in [-0.05, 0) is 36.6 Å². The van der Waals surface area contributed by atoms with Gasteiger partial charge >= 0.3 is 0 Å². The molecule has 0 atom stereocenters. The van der Waals surface area contributed by atoms with Crippen LogP contribution in [-0.4, -0.2) is 17.6 Å². The topological polar surface area (TPSA) is 40.5 Å². The third-order valence-corrected chi connectivity index (χ3v) is 5.01. The Morgan fingerprint density at radius 3 is 2.57 bits per heavy atom. The zero-order valence-corrected chi connectivity index (χ0v) is 13.3. The van der Waals surface area contributed by atoms with Crippen molar-refractivity contribution in [2.75, 3.05) is 11.4 Å². The zero-order valence-electron chi connectivity index (χ0n) is 13.3. The number of para-hydroxylation sites is 1. The number of rotatable bonds is 3. The maximum absolute atomic E-state index is 14.1. The minimum absolute atomic E-state index is 0.0133. The summed E-state index contributed by atoms with van der Waals surface area (Å²) in [6.07, 6.45) is 1.84. The lowest BCUT2D eigenvalue weighted by atomic mass is 9.78. The summed E-state index contributed by atoms with van der Waals surface area (Å²) in [5, 5.41) is 9.34. The number of carbonyl (C=O) groups is 1. The number of aromatic hydroxyl groups is 1. The third kappa shape index (κ3) is 2.38. The molecule has 1 aliphatic rings. The maximum atomic E-state index is 14.1. The second-order valence-corrected chi connectivity index (χ2v) is 6.06. The highest BCUT2D eigenvalue weighted by Gasteiger charge is 2.42. The lowest BCUT2D eigenvalue weighted by Gasteiger charge is -2.27. The van der Waals surface area contributed by atoms with Gasteiger partial charge in [-0.15, -0.1) is 0 Å². The molecule has 0 bridgehead atoms. The number of nitrogens with zero attached hydrogens (tertiary/aromatic N) is 1. The second-order valence-electron chi connectivity index (χ2n) is 6.06. The van der Waals surface area contributed by atoms with Crippen LogP contribution in [0.15, 0.2) is 42.5 Å². The molecule has 4 heteroatoms. The SMILES string of the molecule is CCC1(CC)CN(C(=O)c2ccc(O)cc2F)c2ccccc21. The number of phenolic OH excluding ortho intramolecular Hbond substituents is 1. The summed E-state index contributed by atoms with van der Waals surface area (Å²) in [4.78, 5) is 14.5. The lowest BCUT2D eigenvalue weighted by molar-refractivity contribution is 0.0980. The van der Waals surface area contributed by atoms with E-state index in [9.17, 15) is 14.3 Å². The predicted molar refractivity (Wildman–Crippen MR) is 88.4 cm³/mol. The van der Waals surface area contributed by atoms with Crippen molar-refractivity contribution >= 4 is 11.6 Å². The molecule has 0 spiro atoms. The molecule has 2 aromatic rings. The molecule has 0 saturated carbocycles. The molecule has 0 aromatic heterocycles. The molecule has 3 rings (SSSR count). The molecule has 2 aromatic carbocycles. The standard InChI is InChI=1S/C19H20FNO2/c1-3-19(4-2)12-21(17-8-6-5-7-15(17)19)18(23)14-10-9-13(22)11-16(14)20/h5-11,22H,3-4,12H2,1-2H3. The van der Waals surface area contributed by atoms with Gasteiger partial charge in [0, 0.05) is 23.7 Å². The zero-order chi connectivity index (χ0) is 16.6. The number of carbonyl (C=O) groups excluding carboxylic acids is 1. The van der Waals surface area contributed by atoms with Gasteiger partial charge in [-0.25, -0.2) is 4.39 Å². The molecule has 0 saturated heterocycles. The summed E-state index contributed by atoms with van der Waals surface area (Å²) in [6.45, 7) is 4.79. The van der Waals surface area contributed by atoms with E-state index in [-0.39, 0.29) is 22.6 Å². The molecule has 1 aliphatic heterocycles. The number of hydrogen-bond acceptors (Lipinski definition) is 2. The molecular formula is C19H20FNO2. The van der Waals surface area contributed by atoms with Crippen LogP contribution in [0.2, 0.25) is 0 Å². The molecular weight excluding hydrogens is 293 g/mol. The Labute approximate surface area is 135 Å². The van der Waals surface area contributed by atoms with Crippen LogP contribution in [-0.2, 0) is 5.41 Å². The fourth-order valence-electron chi connectivity index (χ4n) is 3.49. The minimum Gasteiger partial charge on any atom is -0.508 e. The molecule has 1 amide bonds. The summed E-state index contributed by atoms with van der Waals surface area (Å²) in [5.41, 5.74) is 1.91. The van der Waals surface area contributed by atoms with Gasteiger partial charge in [0.05, 0.1) is 5.56 Å². The van der Waals surface area contributed by atoms with E-state index in [0.29, 0.717) is 6.54 Å². The van der Waals surface area contributed by atoms with Crippen LogP contribution in [0.3, 0.4) is 0 Å². The smallest absolute Gasteiger partial charge is 0.261 e. The molecule has 120 valence electrons. The number of anilines is 1. The molecule has 23 heavy (non-hydrogen) atoms. The number of fused-ring (bicyclic) bond motifs is 1. The van der Waals surface area contributed by atoms with Crippen molar-refractivity contribution in [3.63, 3.8) is 0 Å². The molecule has 0 fully saturated rings. The second kappa shape index (κ2) is 5.69. The van der Waals surface area contributed by atoms with E-state index >= 15 is 0 Å². The summed E-state index contributed by atoms with van der Waals surface area (Å²) in [7, 11) is 0. The Kier molecular flexibility index (Phi) is 3.84. The molecule has 1 heterocycles. The predicted octanol–water partition coefficient (Wildman–Crippen LogP) is 4.25. The van der Waals surface area contributed by atoms with Crippen LogP contribution in [0.1, 0.15) is 42.6 Å². The largest absolute Gasteiger partial charge is 0.508 e. The third-order valence-electron chi connectivity index (χ3n) is 5.01. The van der Waals surface area contributed by atoms with Crippen molar-refractivity contribution in [2.45, 2.75) is 32.1 Å². The van der Waals surface area contributed by atoms with Crippen LogP contribution in [0.25, 0.3) is 0 Å². The highest BCUT2D eigenvalue weighted by Crippen LogP contribution is 2.45. The van der Waals surface area contributed by atoms with E-state index in [2.05, 4.69) is 19.9 Å². The molecule has 0 unspecified atom stereocenters. The average Bonchev–Trinajstić information content (AvgIpc) is 2.90. The number of phenols is 1. The van der Waals surface area contributed by atoms with Gasteiger partial charge in [-0.3, -0.25) is 4.79 Å². The van der Waals surface area contributed by atoms with Gasteiger partial charge in [0.2, 0.25) is 0 Å². The Morgan fingerprint density at radius 2 is 1.91 bits per heavy atom. The van der Waals surface area contributed by atoms with E-state index in [1.54, 1.807) is 4.90 Å². The quantitative estimate of drug-likeness (QED) is 0.920. The summed E-state index contributed by atoms with van der Waals surface area (Å²) < 4.78 is 14.1. The Hall–Kier alpha value is -2.36. The van der Waals surface area contributed by atoms with E-state index in [1.807, 2.05) is 18.2 Å². The minimum atomic E-state index is -0.696. The first-order valence-corrected chi connectivity index (χ1v) is 7.92. The van der Waals surface area contributed by atoms with Gasteiger partial charge < -0.3 is 10.0 Å². The summed E-state index contributed by atoms with van der Waals surface area (Å²) >= 11 is 0. The summed E-state index contributed by atoms with van der Waals surface area (Å²) in [5.74, 6) is -1.24. The molecule has 0 radical (unpaired) electrons. The van der Waals surface area contributed by atoms with Crippen LogP contribution in [0.5, 0.6) is 5.75 Å². The fourth-order valence-corrected chi connectivity index (χ4v) is 3.49. The van der Waals surface area contributed by atoms with Gasteiger partial charge in [0.15, 0.2) is 0 Å². The maximum Gasteiger partial charge on any atom is 0.261 e. The number of benzene rings is 2. The van der Waals surface area contributed by atoms with Gasteiger partial charge in [-0.2, -0.15) is 0 Å². The lowest BCUT2D eigenvalue weighted by Crippen LogP contribution is -2.36. The van der Waals surface area contributed by atoms with Crippen molar-refractivity contribution in [3.05, 3.63) is 59.4 Å². The van der Waals surface area contributed by atoms with Gasteiger partial charge in [0.1, 0.15) is 11.6 Å². The highest BCUT2D eigenvalue weighted by molar-refractivity contribution is 6.08. The molecule has 3 nitrogen and oxygen atoms in total. The van der Waals surface area contributed by atoms with E-state index in [4.69, 9.17) is 0 Å². The van der Waals surface area contributed by atoms with Crippen LogP contribution in [0.4, 0.5) is 10.1 Å². The van der Waals surface area contributed by atoms with E-state index < -0.39 is 5.82 Å². The Morgan fingerprint density at radius 1 is 1.22 bits per heavy atom.